The average Bonchev–Trinajstić information content (AvgIpc) is 2.54. The molecule has 2 aromatic carbocycles. The quantitative estimate of drug-likeness (QED) is 0.809. The monoisotopic (exact) mass is 299 g/mol. The highest BCUT2D eigenvalue weighted by Gasteiger charge is 1.98. The predicted octanol–water partition coefficient (Wildman–Crippen LogP) is 4.27. The molecule has 0 aliphatic carbocycles. The Kier molecular flexibility index (Phi) is 5.72. The Morgan fingerprint density at radius 2 is 1.82 bits per heavy atom. The van der Waals surface area contributed by atoms with Gasteiger partial charge in [0.05, 0.1) is 6.61 Å². The maximum atomic E-state index is 12.8. The molecule has 0 saturated heterocycles. The number of carbonyl (C=O) groups excluding carboxylic acids is 1. The Balaban J connectivity index is 1.90. The lowest BCUT2D eigenvalue weighted by molar-refractivity contribution is -0.111. The van der Waals surface area contributed by atoms with Crippen LogP contribution in [0.2, 0.25) is 0 Å². The first-order valence-electron chi connectivity index (χ1n) is 7.15. The summed E-state index contributed by atoms with van der Waals surface area (Å²) in [6.07, 6.45) is 4.11. The average molecular weight is 299 g/mol. The van der Waals surface area contributed by atoms with Crippen LogP contribution in [0.4, 0.5) is 10.1 Å². The van der Waals surface area contributed by atoms with E-state index in [-0.39, 0.29) is 11.7 Å². The molecule has 2 rings (SSSR count). The van der Waals surface area contributed by atoms with Crippen LogP contribution in [0.5, 0.6) is 5.75 Å². The van der Waals surface area contributed by atoms with E-state index in [2.05, 4.69) is 12.2 Å². The second-order valence-electron chi connectivity index (χ2n) is 4.75. The Bertz CT molecular complexity index is 633. The number of anilines is 1. The molecule has 0 fully saturated rings. The van der Waals surface area contributed by atoms with Gasteiger partial charge in [0.25, 0.3) is 0 Å². The molecule has 0 aliphatic rings. The summed E-state index contributed by atoms with van der Waals surface area (Å²) in [5.74, 6) is 0.214. The van der Waals surface area contributed by atoms with Gasteiger partial charge in [-0.05, 0) is 54.5 Å². The zero-order chi connectivity index (χ0) is 15.8. The molecule has 4 heteroatoms. The lowest BCUT2D eigenvalue weighted by Crippen LogP contribution is -2.07. The fraction of sp³-hybridized carbons (Fsp3) is 0.167. The summed E-state index contributed by atoms with van der Waals surface area (Å²) in [6, 6.07) is 13.1. The minimum absolute atomic E-state index is 0.266. The van der Waals surface area contributed by atoms with E-state index in [0.717, 1.165) is 17.7 Å². The van der Waals surface area contributed by atoms with E-state index >= 15 is 0 Å². The molecule has 0 bridgehead atoms. The van der Waals surface area contributed by atoms with E-state index in [9.17, 15) is 9.18 Å². The molecule has 22 heavy (non-hydrogen) atoms. The molecule has 0 saturated carbocycles. The van der Waals surface area contributed by atoms with Gasteiger partial charge in [0.1, 0.15) is 11.6 Å². The van der Waals surface area contributed by atoms with E-state index < -0.39 is 0 Å². The highest BCUT2D eigenvalue weighted by molar-refractivity contribution is 6.01. The van der Waals surface area contributed by atoms with Crippen LogP contribution < -0.4 is 10.1 Å². The van der Waals surface area contributed by atoms with Gasteiger partial charge in [-0.25, -0.2) is 4.39 Å². The summed E-state index contributed by atoms with van der Waals surface area (Å²) in [7, 11) is 0. The van der Waals surface area contributed by atoms with Crippen LogP contribution >= 0.6 is 0 Å². The van der Waals surface area contributed by atoms with Gasteiger partial charge in [-0.1, -0.05) is 19.1 Å². The minimum Gasteiger partial charge on any atom is -0.494 e. The van der Waals surface area contributed by atoms with Crippen LogP contribution in [0.25, 0.3) is 6.08 Å². The second kappa shape index (κ2) is 7.98. The number of amides is 1. The first-order chi connectivity index (χ1) is 10.7. The fourth-order valence-corrected chi connectivity index (χ4v) is 1.78. The molecular weight excluding hydrogens is 281 g/mol. The standard InChI is InChI=1S/C18H18FNO2/c1-2-13-22-17-10-3-14(4-11-17)5-12-18(21)20-16-8-6-15(19)7-9-16/h3-12H,2,13H2,1H3,(H,20,21)/b12-5+. The lowest BCUT2D eigenvalue weighted by atomic mass is 10.2. The van der Waals surface area contributed by atoms with Crippen LogP contribution in [0.1, 0.15) is 18.9 Å². The van der Waals surface area contributed by atoms with Gasteiger partial charge in [-0.15, -0.1) is 0 Å². The van der Waals surface area contributed by atoms with E-state index in [1.807, 2.05) is 24.3 Å². The summed E-state index contributed by atoms with van der Waals surface area (Å²) in [5, 5.41) is 2.66. The summed E-state index contributed by atoms with van der Waals surface area (Å²) >= 11 is 0. The third-order valence-electron chi connectivity index (χ3n) is 2.89. The van der Waals surface area contributed by atoms with Gasteiger partial charge >= 0.3 is 0 Å². The van der Waals surface area contributed by atoms with Gasteiger partial charge in [-0.2, -0.15) is 0 Å². The smallest absolute Gasteiger partial charge is 0.248 e. The van der Waals surface area contributed by atoms with Crippen molar-refractivity contribution < 1.29 is 13.9 Å². The number of ether oxygens (including phenoxy) is 1. The highest BCUT2D eigenvalue weighted by Crippen LogP contribution is 2.14. The predicted molar refractivity (Wildman–Crippen MR) is 86.3 cm³/mol. The van der Waals surface area contributed by atoms with Crippen molar-refractivity contribution in [1.29, 1.82) is 0 Å². The molecule has 114 valence electrons. The number of nitrogens with one attached hydrogen (secondary N) is 1. The topological polar surface area (TPSA) is 38.3 Å². The largest absolute Gasteiger partial charge is 0.494 e. The van der Waals surface area contributed by atoms with Crippen molar-refractivity contribution >= 4 is 17.7 Å². The maximum absolute atomic E-state index is 12.8. The zero-order valence-corrected chi connectivity index (χ0v) is 12.4. The van der Waals surface area contributed by atoms with Crippen LogP contribution in [0.3, 0.4) is 0 Å². The van der Waals surface area contributed by atoms with Gasteiger partial charge in [0.15, 0.2) is 0 Å². The molecular formula is C18H18FNO2. The molecule has 3 nitrogen and oxygen atoms in total. The number of rotatable bonds is 6. The first kappa shape index (κ1) is 15.8. The minimum atomic E-state index is -0.334. The van der Waals surface area contributed by atoms with Crippen molar-refractivity contribution in [3.8, 4) is 5.75 Å². The molecule has 1 N–H and O–H groups in total. The van der Waals surface area contributed by atoms with Crippen LogP contribution in [0.15, 0.2) is 54.6 Å². The molecule has 0 spiro atoms. The number of halogens is 1. The van der Waals surface area contributed by atoms with Crippen molar-refractivity contribution in [2.75, 3.05) is 11.9 Å². The SMILES string of the molecule is CCCOc1ccc(/C=C/C(=O)Nc2ccc(F)cc2)cc1. The van der Waals surface area contributed by atoms with Crippen molar-refractivity contribution in [3.05, 3.63) is 66.0 Å². The summed E-state index contributed by atoms with van der Waals surface area (Å²) in [4.78, 5) is 11.8. The zero-order valence-electron chi connectivity index (χ0n) is 12.4. The van der Waals surface area contributed by atoms with Crippen LogP contribution in [0, 0.1) is 5.82 Å². The van der Waals surface area contributed by atoms with E-state index in [1.54, 1.807) is 6.08 Å². The van der Waals surface area contributed by atoms with Crippen molar-refractivity contribution in [3.63, 3.8) is 0 Å². The number of hydrogen-bond donors (Lipinski definition) is 1. The second-order valence-corrected chi connectivity index (χ2v) is 4.75. The Morgan fingerprint density at radius 3 is 2.45 bits per heavy atom. The number of hydrogen-bond acceptors (Lipinski definition) is 2. The highest BCUT2D eigenvalue weighted by atomic mass is 19.1. The van der Waals surface area contributed by atoms with Gasteiger partial charge in [-0.3, -0.25) is 4.79 Å². The van der Waals surface area contributed by atoms with E-state index in [1.165, 1.54) is 30.3 Å². The van der Waals surface area contributed by atoms with E-state index in [0.29, 0.717) is 12.3 Å². The molecule has 0 unspecified atom stereocenters. The fourth-order valence-electron chi connectivity index (χ4n) is 1.78. The van der Waals surface area contributed by atoms with Crippen molar-refractivity contribution in [1.82, 2.24) is 0 Å². The molecule has 1 amide bonds. The van der Waals surface area contributed by atoms with Crippen molar-refractivity contribution in [2.24, 2.45) is 0 Å². The normalized spacial score (nSPS) is 10.6. The molecule has 0 radical (unpaired) electrons. The van der Waals surface area contributed by atoms with Gasteiger partial charge in [0.2, 0.25) is 5.91 Å². The molecule has 0 aliphatic heterocycles. The number of carbonyl (C=O) groups is 1. The first-order valence-corrected chi connectivity index (χ1v) is 7.15. The molecule has 0 heterocycles. The third-order valence-corrected chi connectivity index (χ3v) is 2.89. The van der Waals surface area contributed by atoms with Gasteiger partial charge < -0.3 is 10.1 Å². The molecule has 2 aromatic rings. The summed E-state index contributed by atoms with van der Waals surface area (Å²) in [6.45, 7) is 2.74. The van der Waals surface area contributed by atoms with Crippen LogP contribution in [-0.4, -0.2) is 12.5 Å². The van der Waals surface area contributed by atoms with Crippen molar-refractivity contribution in [2.45, 2.75) is 13.3 Å². The Morgan fingerprint density at radius 1 is 1.14 bits per heavy atom. The Hall–Kier alpha value is -2.62. The summed E-state index contributed by atoms with van der Waals surface area (Å²) < 4.78 is 18.3. The van der Waals surface area contributed by atoms with Gasteiger partial charge in [0, 0.05) is 11.8 Å². The Labute approximate surface area is 129 Å². The summed E-state index contributed by atoms with van der Waals surface area (Å²) in [5.41, 5.74) is 1.46. The van der Waals surface area contributed by atoms with Crippen LogP contribution in [-0.2, 0) is 4.79 Å². The third kappa shape index (κ3) is 5.05. The maximum Gasteiger partial charge on any atom is 0.248 e. The van der Waals surface area contributed by atoms with E-state index in [4.69, 9.17) is 4.74 Å². The lowest BCUT2D eigenvalue weighted by Gasteiger charge is -2.04. The molecule has 0 atom stereocenters. The number of benzene rings is 2. The molecule has 0 aromatic heterocycles.